The van der Waals surface area contributed by atoms with Crippen LogP contribution in [0.4, 0.5) is 5.69 Å². The minimum Gasteiger partial charge on any atom is -0.335 e. The van der Waals surface area contributed by atoms with E-state index in [-0.39, 0.29) is 11.3 Å². The van der Waals surface area contributed by atoms with Crippen molar-refractivity contribution in [3.05, 3.63) is 76.8 Å². The molecule has 110 valence electrons. The predicted octanol–water partition coefficient (Wildman–Crippen LogP) is 2.90. The highest BCUT2D eigenvalue weighted by atomic mass is 16.5. The van der Waals surface area contributed by atoms with E-state index in [1.165, 1.54) is 11.8 Å². The quantitative estimate of drug-likeness (QED) is 0.807. The molecule has 0 bridgehead atoms. The molecule has 0 saturated heterocycles. The fraction of sp³-hybridized carbons (Fsp3) is 0.0588. The number of carbonyl (C=O) groups excluding carboxylic acids is 1. The number of anilines is 1. The van der Waals surface area contributed by atoms with Crippen LogP contribution < -0.4 is 10.9 Å². The summed E-state index contributed by atoms with van der Waals surface area (Å²) in [6, 6.07) is 18.1. The summed E-state index contributed by atoms with van der Waals surface area (Å²) in [6.45, 7) is 0. The highest BCUT2D eigenvalue weighted by Crippen LogP contribution is 2.21. The van der Waals surface area contributed by atoms with Crippen molar-refractivity contribution in [2.75, 3.05) is 5.32 Å². The Balaban J connectivity index is 2.04. The Bertz CT molecular complexity index is 849. The molecule has 0 atom stereocenters. The second kappa shape index (κ2) is 5.73. The van der Waals surface area contributed by atoms with Gasteiger partial charge in [0.05, 0.1) is 0 Å². The zero-order chi connectivity index (χ0) is 15.5. The van der Waals surface area contributed by atoms with E-state index < -0.39 is 11.5 Å². The first kappa shape index (κ1) is 13.9. The van der Waals surface area contributed by atoms with Crippen molar-refractivity contribution in [3.8, 4) is 11.1 Å². The van der Waals surface area contributed by atoms with E-state index in [0.29, 0.717) is 11.3 Å². The molecular formula is C17H14N2O3. The van der Waals surface area contributed by atoms with Crippen LogP contribution in [0.15, 0.2) is 70.0 Å². The fourth-order valence-corrected chi connectivity index (χ4v) is 2.30. The van der Waals surface area contributed by atoms with E-state index in [9.17, 15) is 9.59 Å². The first-order chi connectivity index (χ1) is 10.7. The number of aromatic nitrogens is 1. The van der Waals surface area contributed by atoms with Gasteiger partial charge in [0.25, 0.3) is 5.91 Å². The highest BCUT2D eigenvalue weighted by Gasteiger charge is 2.23. The van der Waals surface area contributed by atoms with Crippen molar-refractivity contribution < 1.29 is 9.32 Å². The third-order valence-electron chi connectivity index (χ3n) is 3.28. The van der Waals surface area contributed by atoms with Crippen molar-refractivity contribution in [1.82, 2.24) is 4.74 Å². The summed E-state index contributed by atoms with van der Waals surface area (Å²) in [5, 5.41) is 2.76. The molecule has 0 aliphatic carbocycles. The van der Waals surface area contributed by atoms with Gasteiger partial charge in [-0.25, -0.2) is 9.53 Å². The molecule has 5 nitrogen and oxygen atoms in total. The molecule has 0 aliphatic rings. The van der Waals surface area contributed by atoms with Gasteiger partial charge in [-0.15, -0.1) is 0 Å². The van der Waals surface area contributed by atoms with Crippen LogP contribution in [0.1, 0.15) is 10.5 Å². The Morgan fingerprint density at radius 3 is 2.23 bits per heavy atom. The third-order valence-corrected chi connectivity index (χ3v) is 3.28. The van der Waals surface area contributed by atoms with E-state index in [1.54, 1.807) is 36.4 Å². The number of nitrogens with zero attached hydrogens (tertiary/aromatic N) is 1. The average Bonchev–Trinajstić information content (AvgIpc) is 2.83. The van der Waals surface area contributed by atoms with Crippen LogP contribution in [0.25, 0.3) is 11.1 Å². The van der Waals surface area contributed by atoms with Crippen LogP contribution in [-0.2, 0) is 7.05 Å². The lowest BCUT2D eigenvalue weighted by atomic mass is 10.1. The lowest BCUT2D eigenvalue weighted by Gasteiger charge is -2.06. The van der Waals surface area contributed by atoms with Gasteiger partial charge in [0.2, 0.25) is 0 Å². The smallest absolute Gasteiger partial charge is 0.335 e. The lowest BCUT2D eigenvalue weighted by Crippen LogP contribution is -2.17. The number of benzene rings is 2. The predicted molar refractivity (Wildman–Crippen MR) is 83.8 cm³/mol. The first-order valence-electron chi connectivity index (χ1n) is 6.79. The number of hydrogen-bond acceptors (Lipinski definition) is 3. The van der Waals surface area contributed by atoms with E-state index in [4.69, 9.17) is 4.52 Å². The van der Waals surface area contributed by atoms with Crippen molar-refractivity contribution in [3.63, 3.8) is 0 Å². The van der Waals surface area contributed by atoms with E-state index in [1.807, 2.05) is 24.3 Å². The molecule has 2 aromatic carbocycles. The Hall–Kier alpha value is -3.08. The molecule has 5 heteroatoms. The minimum absolute atomic E-state index is 0.194. The molecule has 0 spiro atoms. The normalized spacial score (nSPS) is 10.4. The van der Waals surface area contributed by atoms with Gasteiger partial charge in [-0.05, 0) is 17.7 Å². The van der Waals surface area contributed by atoms with Crippen molar-refractivity contribution in [2.45, 2.75) is 0 Å². The molecule has 1 amide bonds. The molecule has 0 aliphatic heterocycles. The number of carbonyl (C=O) groups is 1. The number of hydrogen-bond donors (Lipinski definition) is 1. The summed E-state index contributed by atoms with van der Waals surface area (Å²) in [5.74, 6) is -0.390. The second-order valence-electron chi connectivity index (χ2n) is 4.79. The van der Waals surface area contributed by atoms with Crippen LogP contribution in [0.2, 0.25) is 0 Å². The Kier molecular flexibility index (Phi) is 3.62. The summed E-state index contributed by atoms with van der Waals surface area (Å²) >= 11 is 0. The third kappa shape index (κ3) is 2.56. The molecule has 0 radical (unpaired) electrons. The fourth-order valence-electron chi connectivity index (χ4n) is 2.30. The SMILES string of the molecule is Cn1oc(=O)c(-c2ccccc2)c1C(=O)Nc1ccccc1. The van der Waals surface area contributed by atoms with E-state index in [2.05, 4.69) is 5.32 Å². The van der Waals surface area contributed by atoms with Crippen molar-refractivity contribution in [1.29, 1.82) is 0 Å². The molecule has 3 rings (SSSR count). The largest absolute Gasteiger partial charge is 0.366 e. The van der Waals surface area contributed by atoms with Gasteiger partial charge in [0.1, 0.15) is 5.56 Å². The molecule has 1 heterocycles. The van der Waals surface area contributed by atoms with Gasteiger partial charge in [0, 0.05) is 12.7 Å². The van der Waals surface area contributed by atoms with Crippen LogP contribution in [0.3, 0.4) is 0 Å². The van der Waals surface area contributed by atoms with Crippen LogP contribution in [0, 0.1) is 0 Å². The second-order valence-corrected chi connectivity index (χ2v) is 4.79. The van der Waals surface area contributed by atoms with E-state index >= 15 is 0 Å². The number of nitrogens with one attached hydrogen (secondary N) is 1. The number of amides is 1. The highest BCUT2D eigenvalue weighted by molar-refractivity contribution is 6.07. The Labute approximate surface area is 126 Å². The zero-order valence-electron chi connectivity index (χ0n) is 11.9. The molecule has 1 N–H and O–H groups in total. The molecule has 1 aromatic heterocycles. The summed E-state index contributed by atoms with van der Waals surface area (Å²) in [4.78, 5) is 24.6. The maximum Gasteiger partial charge on any atom is 0.366 e. The zero-order valence-corrected chi connectivity index (χ0v) is 11.9. The molecule has 22 heavy (non-hydrogen) atoms. The van der Waals surface area contributed by atoms with Gasteiger partial charge in [-0.3, -0.25) is 4.79 Å². The summed E-state index contributed by atoms with van der Waals surface area (Å²) in [5.41, 5.74) is 1.22. The van der Waals surface area contributed by atoms with Crippen molar-refractivity contribution in [2.24, 2.45) is 7.05 Å². The van der Waals surface area contributed by atoms with Crippen molar-refractivity contribution >= 4 is 11.6 Å². The summed E-state index contributed by atoms with van der Waals surface area (Å²) in [6.07, 6.45) is 0. The standard InChI is InChI=1S/C17H14N2O3/c1-19-15(16(20)18-13-10-6-3-7-11-13)14(17(21)22-19)12-8-4-2-5-9-12/h2-11H,1H3,(H,18,20). The maximum atomic E-state index is 12.5. The van der Waals surface area contributed by atoms with Gasteiger partial charge < -0.3 is 9.84 Å². The van der Waals surface area contributed by atoms with Crippen LogP contribution in [-0.4, -0.2) is 10.6 Å². The van der Waals surface area contributed by atoms with E-state index in [0.717, 1.165) is 0 Å². The average molecular weight is 294 g/mol. The minimum atomic E-state index is -0.535. The molecule has 3 aromatic rings. The van der Waals surface area contributed by atoms with Gasteiger partial charge in [0.15, 0.2) is 5.69 Å². The Morgan fingerprint density at radius 1 is 1.00 bits per heavy atom. The topological polar surface area (TPSA) is 64.2 Å². The van der Waals surface area contributed by atoms with Crippen LogP contribution >= 0.6 is 0 Å². The number of aryl methyl sites for hydroxylation is 1. The number of para-hydroxylation sites is 1. The van der Waals surface area contributed by atoms with Crippen LogP contribution in [0.5, 0.6) is 0 Å². The lowest BCUT2D eigenvalue weighted by molar-refractivity contribution is 0.100. The molecule has 0 saturated carbocycles. The molecular weight excluding hydrogens is 280 g/mol. The van der Waals surface area contributed by atoms with Gasteiger partial charge in [-0.1, -0.05) is 48.5 Å². The number of rotatable bonds is 3. The summed E-state index contributed by atoms with van der Waals surface area (Å²) < 4.78 is 6.26. The Morgan fingerprint density at radius 2 is 1.59 bits per heavy atom. The van der Waals surface area contributed by atoms with Gasteiger partial charge in [-0.2, -0.15) is 0 Å². The monoisotopic (exact) mass is 294 g/mol. The maximum absolute atomic E-state index is 12.5. The first-order valence-corrected chi connectivity index (χ1v) is 6.79. The van der Waals surface area contributed by atoms with Gasteiger partial charge >= 0.3 is 5.63 Å². The molecule has 0 unspecified atom stereocenters. The summed E-state index contributed by atoms with van der Waals surface area (Å²) in [7, 11) is 1.54. The molecule has 0 fully saturated rings.